The van der Waals surface area contributed by atoms with Crippen LogP contribution >= 0.6 is 0 Å². The number of para-hydroxylation sites is 1. The summed E-state index contributed by atoms with van der Waals surface area (Å²) in [6, 6.07) is 14.3. The lowest BCUT2D eigenvalue weighted by molar-refractivity contribution is -0.121. The molecule has 4 heteroatoms. The number of amides is 1. The number of fused-ring (bicyclic) bond motifs is 1. The van der Waals surface area contributed by atoms with Gasteiger partial charge in [0, 0.05) is 13.0 Å². The van der Waals surface area contributed by atoms with Crippen molar-refractivity contribution >= 4 is 5.91 Å². The van der Waals surface area contributed by atoms with Crippen LogP contribution in [0.1, 0.15) is 29.9 Å². The van der Waals surface area contributed by atoms with Crippen LogP contribution in [0.15, 0.2) is 48.5 Å². The first-order chi connectivity index (χ1) is 11.2. The van der Waals surface area contributed by atoms with E-state index in [1.807, 2.05) is 24.3 Å². The fourth-order valence-corrected chi connectivity index (χ4v) is 2.92. The third-order valence-electron chi connectivity index (χ3n) is 4.16. The molecular formula is C19H20FNO2. The van der Waals surface area contributed by atoms with E-state index in [1.54, 1.807) is 12.1 Å². The van der Waals surface area contributed by atoms with Crippen molar-refractivity contribution in [2.24, 2.45) is 0 Å². The lowest BCUT2D eigenvalue weighted by atomic mass is 9.90. The zero-order chi connectivity index (χ0) is 16.1. The van der Waals surface area contributed by atoms with Gasteiger partial charge in [0.25, 0.3) is 0 Å². The molecule has 1 aliphatic heterocycles. The molecule has 120 valence electrons. The molecule has 1 aliphatic rings. The highest BCUT2D eigenvalue weighted by molar-refractivity contribution is 5.77. The highest BCUT2D eigenvalue weighted by Gasteiger charge is 2.23. The van der Waals surface area contributed by atoms with Gasteiger partial charge in [-0.25, -0.2) is 4.39 Å². The van der Waals surface area contributed by atoms with E-state index in [1.165, 1.54) is 12.1 Å². The summed E-state index contributed by atoms with van der Waals surface area (Å²) >= 11 is 0. The molecule has 0 saturated heterocycles. The summed E-state index contributed by atoms with van der Waals surface area (Å²) in [5.74, 6) is 0.915. The Morgan fingerprint density at radius 1 is 1.17 bits per heavy atom. The van der Waals surface area contributed by atoms with Gasteiger partial charge in [0.15, 0.2) is 0 Å². The van der Waals surface area contributed by atoms with Crippen molar-refractivity contribution in [2.45, 2.75) is 25.2 Å². The minimum atomic E-state index is -0.240. The van der Waals surface area contributed by atoms with Gasteiger partial charge in [-0.3, -0.25) is 4.79 Å². The lowest BCUT2D eigenvalue weighted by Gasteiger charge is -2.25. The lowest BCUT2D eigenvalue weighted by Crippen LogP contribution is -2.28. The molecular weight excluding hydrogens is 293 g/mol. The molecule has 1 heterocycles. The third kappa shape index (κ3) is 4.09. The summed E-state index contributed by atoms with van der Waals surface area (Å²) in [5, 5.41) is 2.95. The molecule has 0 aromatic heterocycles. The molecule has 0 fully saturated rings. The Morgan fingerprint density at radius 3 is 2.78 bits per heavy atom. The SMILES string of the molecule is O=C(CC1CCOc2ccccc21)NCCc1ccc(F)cc1. The van der Waals surface area contributed by atoms with Crippen molar-refractivity contribution in [1.82, 2.24) is 5.32 Å². The maximum atomic E-state index is 12.8. The topological polar surface area (TPSA) is 38.3 Å². The summed E-state index contributed by atoms with van der Waals surface area (Å²) in [5.41, 5.74) is 2.13. The molecule has 0 bridgehead atoms. The van der Waals surface area contributed by atoms with Crippen LogP contribution in [0.25, 0.3) is 0 Å². The zero-order valence-corrected chi connectivity index (χ0v) is 12.9. The first-order valence-electron chi connectivity index (χ1n) is 7.95. The second kappa shape index (κ2) is 7.27. The Bertz CT molecular complexity index is 669. The highest BCUT2D eigenvalue weighted by Crippen LogP contribution is 2.35. The number of nitrogens with one attached hydrogen (secondary N) is 1. The number of hydrogen-bond donors (Lipinski definition) is 1. The van der Waals surface area contributed by atoms with Crippen LogP contribution in [0.3, 0.4) is 0 Å². The van der Waals surface area contributed by atoms with Crippen LogP contribution in [-0.4, -0.2) is 19.1 Å². The van der Waals surface area contributed by atoms with Crippen LogP contribution in [0.4, 0.5) is 4.39 Å². The Labute approximate surface area is 135 Å². The van der Waals surface area contributed by atoms with Gasteiger partial charge >= 0.3 is 0 Å². The molecule has 0 radical (unpaired) electrons. The van der Waals surface area contributed by atoms with E-state index in [9.17, 15) is 9.18 Å². The second-order valence-electron chi connectivity index (χ2n) is 5.80. The molecule has 2 aromatic carbocycles. The number of rotatable bonds is 5. The minimum Gasteiger partial charge on any atom is -0.493 e. The standard InChI is InChI=1S/C19H20FNO2/c20-16-7-5-14(6-8-16)9-11-21-19(22)13-15-10-12-23-18-4-2-1-3-17(15)18/h1-8,15H,9-13H2,(H,21,22). The Balaban J connectivity index is 1.49. The van der Waals surface area contributed by atoms with E-state index in [0.717, 1.165) is 23.3 Å². The van der Waals surface area contributed by atoms with Crippen molar-refractivity contribution in [1.29, 1.82) is 0 Å². The average Bonchev–Trinajstić information content (AvgIpc) is 2.57. The van der Waals surface area contributed by atoms with Gasteiger partial charge in [0.2, 0.25) is 5.91 Å². The van der Waals surface area contributed by atoms with Gasteiger partial charge in [-0.2, -0.15) is 0 Å². The molecule has 2 aromatic rings. The van der Waals surface area contributed by atoms with Crippen LogP contribution in [0, 0.1) is 5.82 Å². The van der Waals surface area contributed by atoms with Crippen LogP contribution in [-0.2, 0) is 11.2 Å². The van der Waals surface area contributed by atoms with E-state index < -0.39 is 0 Å². The summed E-state index contributed by atoms with van der Waals surface area (Å²) in [7, 11) is 0. The van der Waals surface area contributed by atoms with Crippen molar-refractivity contribution in [3.05, 3.63) is 65.5 Å². The number of ether oxygens (including phenoxy) is 1. The van der Waals surface area contributed by atoms with Crippen molar-refractivity contribution < 1.29 is 13.9 Å². The minimum absolute atomic E-state index is 0.0498. The van der Waals surface area contributed by atoms with E-state index in [0.29, 0.717) is 26.0 Å². The molecule has 3 rings (SSSR count). The maximum Gasteiger partial charge on any atom is 0.220 e. The Hall–Kier alpha value is -2.36. The number of carbonyl (C=O) groups excluding carboxylic acids is 1. The summed E-state index contributed by atoms with van der Waals surface area (Å²) in [6.45, 7) is 1.22. The predicted octanol–water partition coefficient (Wildman–Crippen LogP) is 3.44. The van der Waals surface area contributed by atoms with Gasteiger partial charge in [-0.15, -0.1) is 0 Å². The second-order valence-corrected chi connectivity index (χ2v) is 5.80. The molecule has 0 aliphatic carbocycles. The number of benzene rings is 2. The molecule has 3 nitrogen and oxygen atoms in total. The van der Waals surface area contributed by atoms with Gasteiger partial charge in [0.1, 0.15) is 11.6 Å². The number of carbonyl (C=O) groups is 1. The largest absolute Gasteiger partial charge is 0.493 e. The van der Waals surface area contributed by atoms with Crippen LogP contribution in [0.5, 0.6) is 5.75 Å². The first kappa shape index (κ1) is 15.5. The summed E-state index contributed by atoms with van der Waals surface area (Å²) < 4.78 is 18.5. The highest BCUT2D eigenvalue weighted by atomic mass is 19.1. The monoisotopic (exact) mass is 313 g/mol. The van der Waals surface area contributed by atoms with E-state index in [2.05, 4.69) is 5.32 Å². The van der Waals surface area contributed by atoms with E-state index in [-0.39, 0.29) is 17.6 Å². The van der Waals surface area contributed by atoms with Gasteiger partial charge in [-0.05, 0) is 48.1 Å². The fraction of sp³-hybridized carbons (Fsp3) is 0.316. The van der Waals surface area contributed by atoms with Gasteiger partial charge < -0.3 is 10.1 Å². The molecule has 0 saturated carbocycles. The normalized spacial score (nSPS) is 16.3. The first-order valence-corrected chi connectivity index (χ1v) is 7.95. The average molecular weight is 313 g/mol. The molecule has 1 unspecified atom stereocenters. The van der Waals surface area contributed by atoms with Gasteiger partial charge in [-0.1, -0.05) is 30.3 Å². The molecule has 1 N–H and O–H groups in total. The Morgan fingerprint density at radius 2 is 1.96 bits per heavy atom. The maximum absolute atomic E-state index is 12.8. The Kier molecular flexibility index (Phi) is 4.91. The predicted molar refractivity (Wildman–Crippen MR) is 87.0 cm³/mol. The van der Waals surface area contributed by atoms with E-state index in [4.69, 9.17) is 4.74 Å². The van der Waals surface area contributed by atoms with Crippen molar-refractivity contribution in [3.63, 3.8) is 0 Å². The van der Waals surface area contributed by atoms with Crippen molar-refractivity contribution in [3.8, 4) is 5.75 Å². The smallest absolute Gasteiger partial charge is 0.220 e. The molecule has 23 heavy (non-hydrogen) atoms. The molecule has 0 spiro atoms. The zero-order valence-electron chi connectivity index (χ0n) is 12.9. The van der Waals surface area contributed by atoms with Crippen molar-refractivity contribution in [2.75, 3.05) is 13.2 Å². The van der Waals surface area contributed by atoms with E-state index >= 15 is 0 Å². The number of halogens is 1. The molecule has 1 amide bonds. The molecule has 1 atom stereocenters. The number of hydrogen-bond acceptors (Lipinski definition) is 2. The summed E-state index contributed by atoms with van der Waals surface area (Å²) in [6.07, 6.45) is 2.04. The quantitative estimate of drug-likeness (QED) is 0.918. The fourth-order valence-electron chi connectivity index (χ4n) is 2.92. The third-order valence-corrected chi connectivity index (χ3v) is 4.16. The summed E-state index contributed by atoms with van der Waals surface area (Å²) in [4.78, 5) is 12.2. The van der Waals surface area contributed by atoms with Crippen LogP contribution < -0.4 is 10.1 Å². The van der Waals surface area contributed by atoms with Gasteiger partial charge in [0.05, 0.1) is 6.61 Å². The van der Waals surface area contributed by atoms with Crippen LogP contribution in [0.2, 0.25) is 0 Å².